The minimum atomic E-state index is -4.87. The number of H-pyrrole nitrogens is 2. The van der Waals surface area contributed by atoms with Crippen LogP contribution in [0.2, 0.25) is 0 Å². The number of benzene rings is 2. The number of para-hydroxylation sites is 1. The van der Waals surface area contributed by atoms with E-state index >= 15 is 0 Å². The monoisotopic (exact) mass is 512 g/mol. The van der Waals surface area contributed by atoms with Crippen molar-refractivity contribution in [3.63, 3.8) is 0 Å². The summed E-state index contributed by atoms with van der Waals surface area (Å²) in [5.74, 6) is -0.752. The first kappa shape index (κ1) is 25.2. The van der Waals surface area contributed by atoms with Crippen LogP contribution in [0.5, 0.6) is 0 Å². The van der Waals surface area contributed by atoms with Crippen LogP contribution in [-0.4, -0.2) is 32.3 Å². The lowest BCUT2D eigenvalue weighted by Crippen LogP contribution is -2.43. The Morgan fingerprint density at radius 2 is 1.76 bits per heavy atom. The number of amides is 3. The summed E-state index contributed by atoms with van der Waals surface area (Å²) in [4.78, 5) is 56.3. The number of halogens is 3. The molecule has 1 saturated heterocycles. The average Bonchev–Trinajstić information content (AvgIpc) is 3.00. The lowest BCUT2D eigenvalue weighted by molar-refractivity contribution is -0.137. The summed E-state index contributed by atoms with van der Waals surface area (Å²) in [6.45, 7) is 2.79. The molecule has 10 nitrogen and oxygen atoms in total. The molecule has 0 spiro atoms. The fourth-order valence-electron chi connectivity index (χ4n) is 3.93. The third kappa shape index (κ3) is 4.56. The molecule has 0 unspecified atom stereocenters. The number of aromatic nitrogens is 2. The predicted octanol–water partition coefficient (Wildman–Crippen LogP) is 3.44. The number of carbonyl (C=O) groups is 2. The van der Waals surface area contributed by atoms with Gasteiger partial charge < -0.3 is 15.2 Å². The largest absolute Gasteiger partial charge is 0.417 e. The van der Waals surface area contributed by atoms with E-state index in [0.29, 0.717) is 22.2 Å². The van der Waals surface area contributed by atoms with Crippen molar-refractivity contribution in [1.82, 2.24) is 14.9 Å². The number of urea groups is 1. The maximum atomic E-state index is 13.5. The molecule has 0 radical (unpaired) electrons. The van der Waals surface area contributed by atoms with Gasteiger partial charge in [0, 0.05) is 11.9 Å². The molecule has 0 atom stereocenters. The van der Waals surface area contributed by atoms with Gasteiger partial charge in [-0.3, -0.25) is 14.6 Å². The van der Waals surface area contributed by atoms with E-state index in [1.54, 1.807) is 24.3 Å². The Bertz CT molecular complexity index is 1570. The Labute approximate surface area is 207 Å². The molecule has 3 aromatic rings. The van der Waals surface area contributed by atoms with Crippen molar-refractivity contribution in [2.75, 3.05) is 10.2 Å². The summed E-state index contributed by atoms with van der Waals surface area (Å²) in [6, 6.07) is 9.82. The molecule has 37 heavy (non-hydrogen) atoms. The van der Waals surface area contributed by atoms with Crippen molar-refractivity contribution in [3.8, 4) is 6.07 Å². The van der Waals surface area contributed by atoms with Crippen LogP contribution in [0.15, 0.2) is 58.3 Å². The second kappa shape index (κ2) is 8.98. The van der Waals surface area contributed by atoms with E-state index in [0.717, 1.165) is 12.1 Å². The maximum absolute atomic E-state index is 13.5. The molecule has 0 bridgehead atoms. The summed E-state index contributed by atoms with van der Waals surface area (Å²) >= 11 is 0. The number of hydrogen-bond acceptors (Lipinski definition) is 6. The molecule has 1 aliphatic rings. The van der Waals surface area contributed by atoms with Crippen molar-refractivity contribution >= 4 is 29.0 Å². The molecule has 4 rings (SSSR count). The smallest absolute Gasteiger partial charge is 0.350 e. The number of aromatic amines is 2. The van der Waals surface area contributed by atoms with Crippen LogP contribution < -0.4 is 21.5 Å². The predicted molar refractivity (Wildman–Crippen MR) is 126 cm³/mol. The Morgan fingerprint density at radius 1 is 1.05 bits per heavy atom. The van der Waals surface area contributed by atoms with Gasteiger partial charge in [0.2, 0.25) is 0 Å². The normalized spacial score (nSPS) is 15.1. The number of carbonyl (C=O) groups excluding carboxylic acids is 2. The second-order valence-electron chi connectivity index (χ2n) is 8.68. The van der Waals surface area contributed by atoms with E-state index in [9.17, 15) is 32.3 Å². The Kier molecular flexibility index (Phi) is 6.12. The molecular formula is C24H19F3N6O4. The van der Waals surface area contributed by atoms with Gasteiger partial charge in [-0.25, -0.2) is 14.5 Å². The highest BCUT2D eigenvalue weighted by molar-refractivity contribution is 6.23. The number of alkyl halides is 3. The van der Waals surface area contributed by atoms with Crippen LogP contribution in [0.25, 0.3) is 0 Å². The topological polar surface area (TPSA) is 142 Å². The van der Waals surface area contributed by atoms with Crippen molar-refractivity contribution in [2.24, 2.45) is 0 Å². The quantitative estimate of drug-likeness (QED) is 0.447. The van der Waals surface area contributed by atoms with Crippen LogP contribution in [-0.2, 0) is 17.5 Å². The molecule has 190 valence electrons. The fraction of sp³-hybridized carbons (Fsp3) is 0.208. The number of nitrogens with one attached hydrogen (secondary N) is 3. The fourth-order valence-corrected chi connectivity index (χ4v) is 3.93. The zero-order chi connectivity index (χ0) is 27.1. The van der Waals surface area contributed by atoms with E-state index in [-0.39, 0.29) is 17.9 Å². The summed E-state index contributed by atoms with van der Waals surface area (Å²) in [5.41, 5.74) is -4.12. The third-order valence-corrected chi connectivity index (χ3v) is 5.95. The van der Waals surface area contributed by atoms with Gasteiger partial charge in [-0.05, 0) is 43.7 Å². The second-order valence-corrected chi connectivity index (χ2v) is 8.68. The zero-order valence-corrected chi connectivity index (χ0v) is 19.4. The SMILES string of the molecule is CC1(C)C(=O)N(c2ccc(C#N)c(C(F)(F)F)c2)C(=O)N1Cc1ccccc1Nc1c[nH]c(=O)[nH]c1=O. The van der Waals surface area contributed by atoms with E-state index in [2.05, 4.69) is 15.3 Å². The van der Waals surface area contributed by atoms with Crippen LogP contribution in [0.1, 0.15) is 30.5 Å². The van der Waals surface area contributed by atoms with Gasteiger partial charge in [0.1, 0.15) is 11.2 Å². The maximum Gasteiger partial charge on any atom is 0.417 e. The van der Waals surface area contributed by atoms with Crippen LogP contribution in [0.3, 0.4) is 0 Å². The summed E-state index contributed by atoms with van der Waals surface area (Å²) < 4.78 is 40.5. The lowest BCUT2D eigenvalue weighted by Gasteiger charge is -2.28. The Balaban J connectivity index is 1.70. The number of rotatable bonds is 5. The van der Waals surface area contributed by atoms with Crippen LogP contribution >= 0.6 is 0 Å². The van der Waals surface area contributed by atoms with E-state index < -0.39 is 46.0 Å². The molecular weight excluding hydrogens is 493 g/mol. The standard InChI is InChI=1S/C24H19F3N6O4/c1-23(2)20(35)33(15-8-7-13(10-28)16(9-15)24(25,26)27)22(37)32(23)12-14-5-3-4-6-17(14)30-18-11-29-21(36)31-19(18)34/h3-9,11,30H,12H2,1-2H3,(H2,29,31,34,36). The molecule has 0 saturated carbocycles. The minimum Gasteiger partial charge on any atom is -0.350 e. The zero-order valence-electron chi connectivity index (χ0n) is 19.4. The summed E-state index contributed by atoms with van der Waals surface area (Å²) in [5, 5.41) is 11.9. The number of hydrogen-bond donors (Lipinski definition) is 3. The summed E-state index contributed by atoms with van der Waals surface area (Å²) in [6.07, 6.45) is -3.69. The van der Waals surface area contributed by atoms with Crippen LogP contribution in [0, 0.1) is 11.3 Å². The van der Waals surface area contributed by atoms with Gasteiger partial charge >= 0.3 is 17.9 Å². The molecule has 1 aromatic heterocycles. The van der Waals surface area contributed by atoms with Crippen molar-refractivity contribution in [3.05, 3.63) is 86.2 Å². The van der Waals surface area contributed by atoms with E-state index in [4.69, 9.17) is 5.26 Å². The number of imide groups is 1. The lowest BCUT2D eigenvalue weighted by atomic mass is 10.0. The molecule has 1 aliphatic heterocycles. The van der Waals surface area contributed by atoms with Crippen LogP contribution in [0.4, 0.5) is 35.0 Å². The molecule has 3 N–H and O–H groups in total. The van der Waals surface area contributed by atoms with Crippen molar-refractivity contribution in [1.29, 1.82) is 5.26 Å². The molecule has 3 amide bonds. The highest BCUT2D eigenvalue weighted by Gasteiger charge is 2.52. The van der Waals surface area contributed by atoms with Gasteiger partial charge in [-0.1, -0.05) is 18.2 Å². The van der Waals surface area contributed by atoms with Gasteiger partial charge in [-0.2, -0.15) is 18.4 Å². The number of nitriles is 1. The average molecular weight is 512 g/mol. The number of anilines is 3. The highest BCUT2D eigenvalue weighted by Crippen LogP contribution is 2.38. The molecule has 2 heterocycles. The van der Waals surface area contributed by atoms with Crippen molar-refractivity contribution in [2.45, 2.75) is 32.1 Å². The first-order valence-electron chi connectivity index (χ1n) is 10.8. The third-order valence-electron chi connectivity index (χ3n) is 5.95. The first-order chi connectivity index (χ1) is 17.3. The molecule has 1 fully saturated rings. The van der Waals surface area contributed by atoms with E-state index in [1.807, 2.05) is 0 Å². The van der Waals surface area contributed by atoms with Gasteiger partial charge in [0.15, 0.2) is 0 Å². The van der Waals surface area contributed by atoms with Gasteiger partial charge in [0.05, 0.1) is 29.4 Å². The van der Waals surface area contributed by atoms with Gasteiger partial charge in [0.25, 0.3) is 11.5 Å². The minimum absolute atomic E-state index is 0.0222. The summed E-state index contributed by atoms with van der Waals surface area (Å²) in [7, 11) is 0. The Morgan fingerprint density at radius 3 is 2.41 bits per heavy atom. The Hall–Kier alpha value is -4.86. The molecule has 0 aliphatic carbocycles. The van der Waals surface area contributed by atoms with E-state index in [1.165, 1.54) is 31.0 Å². The van der Waals surface area contributed by atoms with Gasteiger partial charge in [-0.15, -0.1) is 0 Å². The first-order valence-corrected chi connectivity index (χ1v) is 10.8. The molecule has 13 heteroatoms. The number of nitrogens with zero attached hydrogens (tertiary/aromatic N) is 3. The molecule has 2 aromatic carbocycles. The van der Waals surface area contributed by atoms with Crippen molar-refractivity contribution < 1.29 is 22.8 Å². The highest BCUT2D eigenvalue weighted by atomic mass is 19.4.